The maximum atomic E-state index is 14.7. The topological polar surface area (TPSA) is 95.7 Å². The lowest BCUT2D eigenvalue weighted by molar-refractivity contribution is -0.122. The van der Waals surface area contributed by atoms with Crippen molar-refractivity contribution >= 4 is 21.4 Å². The summed E-state index contributed by atoms with van der Waals surface area (Å²) in [4.78, 5) is 25.5. The van der Waals surface area contributed by atoms with Crippen LogP contribution in [0.15, 0.2) is 77.4 Å². The molecule has 0 saturated heterocycles. The first kappa shape index (κ1) is 28.7. The Morgan fingerprint density at radius 1 is 1.25 bits per heavy atom. The van der Waals surface area contributed by atoms with Gasteiger partial charge in [-0.3, -0.25) is 19.3 Å². The third-order valence-corrected chi connectivity index (χ3v) is 5.36. The second kappa shape index (κ2) is 13.0. The number of allylic oxidation sites excluding steroid dienone is 2. The lowest BCUT2D eigenvalue weighted by atomic mass is 10.1. The van der Waals surface area contributed by atoms with E-state index in [1.165, 1.54) is 15.3 Å². The maximum absolute atomic E-state index is 14.7. The average Bonchev–Trinajstić information content (AvgIpc) is 2.85. The predicted molar refractivity (Wildman–Crippen MR) is 137 cm³/mol. The number of hydrogen-bond acceptors (Lipinski definition) is 5. The van der Waals surface area contributed by atoms with Gasteiger partial charge in [-0.1, -0.05) is 59.5 Å². The van der Waals surface area contributed by atoms with Crippen LogP contribution in [0.4, 0.5) is 13.2 Å². The molecule has 4 rings (SSSR count). The van der Waals surface area contributed by atoms with E-state index in [2.05, 4.69) is 15.6 Å². The number of carbonyl (C=O) groups is 1. The molecule has 192 valence electrons. The summed E-state index contributed by atoms with van der Waals surface area (Å²) >= 11 is 0. The Morgan fingerprint density at radius 3 is 2.47 bits per heavy atom. The van der Waals surface area contributed by atoms with Crippen LogP contribution in [-0.2, 0) is 4.79 Å². The molecule has 0 bridgehead atoms. The van der Waals surface area contributed by atoms with Crippen LogP contribution in [0.1, 0.15) is 32.4 Å². The van der Waals surface area contributed by atoms with E-state index >= 15 is 0 Å². The fourth-order valence-electron chi connectivity index (χ4n) is 3.50. The first-order valence-electron chi connectivity index (χ1n) is 11.0. The average molecular weight is 520 g/mol. The molecule has 3 atom stereocenters. The van der Waals surface area contributed by atoms with Crippen molar-refractivity contribution < 1.29 is 23.1 Å². The third-order valence-electron chi connectivity index (χ3n) is 5.03. The van der Waals surface area contributed by atoms with Crippen LogP contribution in [0.25, 0.3) is 16.9 Å². The van der Waals surface area contributed by atoms with E-state index in [-0.39, 0.29) is 17.7 Å². The van der Waals surface area contributed by atoms with Crippen molar-refractivity contribution in [1.82, 2.24) is 20.0 Å². The molecule has 11 heteroatoms. The highest BCUT2D eigenvalue weighted by Gasteiger charge is 2.39. The quantitative estimate of drug-likeness (QED) is 0.333. The molecule has 0 aliphatic carbocycles. The van der Waals surface area contributed by atoms with Gasteiger partial charge in [0.15, 0.2) is 0 Å². The number of carboxylic acid groups (broad SMARTS) is 1. The Hall–Kier alpha value is -3.49. The van der Waals surface area contributed by atoms with E-state index in [0.717, 1.165) is 22.2 Å². The van der Waals surface area contributed by atoms with Gasteiger partial charge in [0.2, 0.25) is 0 Å². The molecule has 3 aromatic rings. The molecular formula is C25H28F3N4O3P. The number of dihydropyridines is 1. The van der Waals surface area contributed by atoms with Gasteiger partial charge in [0.1, 0.15) is 17.5 Å². The molecule has 0 amide bonds. The molecule has 2 aromatic heterocycles. The van der Waals surface area contributed by atoms with Crippen LogP contribution in [-0.4, -0.2) is 32.8 Å². The summed E-state index contributed by atoms with van der Waals surface area (Å²) in [6, 6.07) is 9.49. The summed E-state index contributed by atoms with van der Waals surface area (Å²) in [7, 11) is 1.49. The number of rotatable bonds is 5. The smallest absolute Gasteiger partial charge is 0.290 e. The van der Waals surface area contributed by atoms with Crippen molar-refractivity contribution in [3.05, 3.63) is 94.3 Å². The zero-order valence-electron chi connectivity index (χ0n) is 20.0. The highest BCUT2D eigenvalue weighted by atomic mass is 31.0. The normalized spacial score (nSPS) is 15.4. The van der Waals surface area contributed by atoms with E-state index in [1.807, 2.05) is 19.9 Å². The van der Waals surface area contributed by atoms with Gasteiger partial charge in [-0.15, -0.1) is 0 Å². The highest BCUT2D eigenvalue weighted by Crippen LogP contribution is 2.39. The van der Waals surface area contributed by atoms with Gasteiger partial charge in [-0.2, -0.15) is 0 Å². The largest absolute Gasteiger partial charge is 0.483 e. The Balaban J connectivity index is 0.000000850. The fourth-order valence-corrected chi connectivity index (χ4v) is 3.77. The molecule has 36 heavy (non-hydrogen) atoms. The fraction of sp³-hybridized carbons (Fsp3) is 0.240. The van der Waals surface area contributed by atoms with Crippen LogP contribution in [0.5, 0.6) is 0 Å². The number of benzene rings is 1. The maximum Gasteiger partial charge on any atom is 0.290 e. The first-order valence-corrected chi connectivity index (χ1v) is 11.6. The Bertz CT molecular complexity index is 1290. The molecule has 3 heterocycles. The number of pyridine rings is 1. The van der Waals surface area contributed by atoms with Crippen molar-refractivity contribution in [3.8, 4) is 11.3 Å². The number of aromatic nitrogens is 2. The minimum Gasteiger partial charge on any atom is -0.483 e. The molecule has 1 aliphatic rings. The van der Waals surface area contributed by atoms with Gasteiger partial charge in [0.05, 0.1) is 11.9 Å². The minimum atomic E-state index is -3.36. The van der Waals surface area contributed by atoms with Crippen molar-refractivity contribution in [2.75, 3.05) is 0 Å². The van der Waals surface area contributed by atoms with Crippen molar-refractivity contribution in [3.63, 3.8) is 0 Å². The van der Waals surface area contributed by atoms with Crippen LogP contribution in [0, 0.1) is 5.82 Å². The molecule has 0 spiro atoms. The van der Waals surface area contributed by atoms with Gasteiger partial charge in [0.25, 0.3) is 17.7 Å². The summed E-state index contributed by atoms with van der Waals surface area (Å²) in [5, 5.41) is 12.7. The SMILES string of the molecule is CC.CC1=CC=CNC1NC(c1cc(F)cn2c(=O)cc(-c3ccccc3)nc12)C(F)(F)P.O=CO. The molecule has 3 unspecified atom stereocenters. The molecule has 0 fully saturated rings. The number of halogens is 3. The molecule has 1 aliphatic heterocycles. The number of hydrogen-bond donors (Lipinski definition) is 3. The van der Waals surface area contributed by atoms with Gasteiger partial charge in [0, 0.05) is 23.4 Å². The van der Waals surface area contributed by atoms with Gasteiger partial charge < -0.3 is 10.4 Å². The second-order valence-corrected chi connectivity index (χ2v) is 8.17. The monoisotopic (exact) mass is 520 g/mol. The first-order chi connectivity index (χ1) is 17.2. The molecule has 1 aromatic carbocycles. The lowest BCUT2D eigenvalue weighted by Gasteiger charge is -2.32. The minimum absolute atomic E-state index is 0.0413. The summed E-state index contributed by atoms with van der Waals surface area (Å²) in [6.07, 6.45) is 5.52. The lowest BCUT2D eigenvalue weighted by Crippen LogP contribution is -2.47. The Labute approximate surface area is 209 Å². The summed E-state index contributed by atoms with van der Waals surface area (Å²) in [5.74, 6) is -0.816. The van der Waals surface area contributed by atoms with Crippen LogP contribution >= 0.6 is 9.24 Å². The van der Waals surface area contributed by atoms with E-state index in [9.17, 15) is 18.0 Å². The van der Waals surface area contributed by atoms with Gasteiger partial charge in [-0.25, -0.2) is 18.2 Å². The zero-order chi connectivity index (χ0) is 26.9. The summed E-state index contributed by atoms with van der Waals surface area (Å²) < 4.78 is 44.8. The molecular weight excluding hydrogens is 492 g/mol. The Kier molecular flexibility index (Phi) is 10.4. The standard InChI is InChI=1S/C22H20F3N4OP.C2H6.CH2O2/c1-13-6-5-9-26-20(13)28-19(22(24,25)31)16-10-15(23)12-29-18(30)11-17(27-21(16)29)14-7-3-2-4-8-14;1-2;2-1-3/h2-12,19-20,26,28H,31H2,1H3;1-2H3;1H,(H,2,3). The third kappa shape index (κ3) is 7.02. The number of fused-ring (bicyclic) bond motifs is 1. The molecule has 7 nitrogen and oxygen atoms in total. The second-order valence-electron chi connectivity index (χ2n) is 7.40. The predicted octanol–water partition coefficient (Wildman–Crippen LogP) is 4.72. The van der Waals surface area contributed by atoms with Crippen molar-refractivity contribution in [2.24, 2.45) is 0 Å². The zero-order valence-corrected chi connectivity index (χ0v) is 21.1. The van der Waals surface area contributed by atoms with E-state index in [0.29, 0.717) is 11.3 Å². The van der Waals surface area contributed by atoms with Gasteiger partial charge in [-0.05, 0) is 30.8 Å². The van der Waals surface area contributed by atoms with Crippen LogP contribution in [0.3, 0.4) is 0 Å². The summed E-state index contributed by atoms with van der Waals surface area (Å²) in [6.45, 7) is 5.53. The summed E-state index contributed by atoms with van der Waals surface area (Å²) in [5.41, 5.74) is -2.35. The Morgan fingerprint density at radius 2 is 1.89 bits per heavy atom. The van der Waals surface area contributed by atoms with Crippen molar-refractivity contribution in [1.29, 1.82) is 0 Å². The van der Waals surface area contributed by atoms with E-state index in [1.54, 1.807) is 49.5 Å². The number of nitrogens with zero attached hydrogens (tertiary/aromatic N) is 2. The van der Waals surface area contributed by atoms with Crippen LogP contribution < -0.4 is 16.2 Å². The van der Waals surface area contributed by atoms with E-state index in [4.69, 9.17) is 9.90 Å². The van der Waals surface area contributed by atoms with E-state index < -0.39 is 29.2 Å². The highest BCUT2D eigenvalue weighted by molar-refractivity contribution is 7.18. The molecule has 0 radical (unpaired) electrons. The van der Waals surface area contributed by atoms with Crippen LogP contribution in [0.2, 0.25) is 0 Å². The molecule has 3 N–H and O–H groups in total. The number of alkyl halides is 2. The van der Waals surface area contributed by atoms with Gasteiger partial charge >= 0.3 is 0 Å². The van der Waals surface area contributed by atoms with Crippen molar-refractivity contribution in [2.45, 2.75) is 38.6 Å². The molecule has 0 saturated carbocycles. The number of nitrogens with one attached hydrogen (secondary N) is 2.